The first-order valence-electron chi connectivity index (χ1n) is 5.25. The van der Waals surface area contributed by atoms with Crippen LogP contribution in [0.3, 0.4) is 0 Å². The van der Waals surface area contributed by atoms with Gasteiger partial charge in [0.25, 0.3) is 5.69 Å². The van der Waals surface area contributed by atoms with E-state index in [1.165, 1.54) is 24.3 Å². The topological polar surface area (TPSA) is 80.4 Å². The minimum Gasteiger partial charge on any atom is -0.384 e. The third kappa shape index (κ3) is 3.41. The van der Waals surface area contributed by atoms with Crippen molar-refractivity contribution in [3.8, 4) is 0 Å². The second kappa shape index (κ2) is 6.32. The molecule has 0 bridgehead atoms. The first kappa shape index (κ1) is 14.4. The molecule has 0 aliphatic carbocycles. The van der Waals surface area contributed by atoms with Gasteiger partial charge in [-0.3, -0.25) is 14.9 Å². The molecular formula is C12H13NO4S. The van der Waals surface area contributed by atoms with Crippen molar-refractivity contribution in [3.05, 3.63) is 52.1 Å². The zero-order chi connectivity index (χ0) is 13.7. The van der Waals surface area contributed by atoms with Crippen LogP contribution >= 0.6 is 11.8 Å². The molecule has 0 saturated heterocycles. The lowest BCUT2D eigenvalue weighted by Gasteiger charge is -2.12. The number of carbonyl (C=O) groups excluding carboxylic acids is 1. The molecule has 0 saturated carbocycles. The van der Waals surface area contributed by atoms with E-state index in [1.54, 1.807) is 0 Å². The average Bonchev–Trinajstić information content (AvgIpc) is 2.37. The summed E-state index contributed by atoms with van der Waals surface area (Å²) in [5, 5.41) is 20.1. The molecule has 1 atom stereocenters. The number of carbonyl (C=O) groups is 1. The number of thioether (sulfide) groups is 1. The zero-order valence-corrected chi connectivity index (χ0v) is 10.6. The fourth-order valence-corrected chi connectivity index (χ4v) is 1.87. The number of aliphatic hydroxyl groups is 1. The summed E-state index contributed by atoms with van der Waals surface area (Å²) < 4.78 is 0. The molecule has 0 fully saturated rings. The van der Waals surface area contributed by atoms with Gasteiger partial charge in [-0.15, -0.1) is 0 Å². The molecule has 18 heavy (non-hydrogen) atoms. The Balaban J connectivity index is 2.84. The lowest BCUT2D eigenvalue weighted by Crippen LogP contribution is -2.08. The molecule has 0 spiro atoms. The molecule has 1 aromatic carbocycles. The molecule has 96 valence electrons. The second-order valence-electron chi connectivity index (χ2n) is 3.50. The first-order valence-corrected chi connectivity index (χ1v) is 6.24. The van der Waals surface area contributed by atoms with Crippen LogP contribution in [0.4, 0.5) is 5.69 Å². The van der Waals surface area contributed by atoms with Crippen molar-refractivity contribution in [2.75, 3.05) is 5.75 Å². The van der Waals surface area contributed by atoms with Gasteiger partial charge in [0.05, 0.1) is 4.92 Å². The number of nitrogens with zero attached hydrogens (tertiary/aromatic N) is 1. The van der Waals surface area contributed by atoms with Crippen LogP contribution in [0.2, 0.25) is 0 Å². The van der Waals surface area contributed by atoms with Gasteiger partial charge < -0.3 is 5.11 Å². The van der Waals surface area contributed by atoms with E-state index in [0.29, 0.717) is 11.3 Å². The molecule has 6 heteroatoms. The van der Waals surface area contributed by atoms with Crippen molar-refractivity contribution < 1.29 is 14.8 Å². The molecule has 0 aromatic heterocycles. The van der Waals surface area contributed by atoms with Gasteiger partial charge in [-0.2, -0.15) is 0 Å². The maximum Gasteiger partial charge on any atom is 0.269 e. The van der Waals surface area contributed by atoms with Crippen LogP contribution in [0.1, 0.15) is 18.6 Å². The summed E-state index contributed by atoms with van der Waals surface area (Å²) in [6.07, 6.45) is -1.13. The maximum atomic E-state index is 11.5. The van der Waals surface area contributed by atoms with Gasteiger partial charge in [0.1, 0.15) is 6.10 Å². The van der Waals surface area contributed by atoms with Gasteiger partial charge in [0.15, 0.2) is 0 Å². The van der Waals surface area contributed by atoms with Crippen LogP contribution < -0.4 is 0 Å². The molecule has 1 rings (SSSR count). The van der Waals surface area contributed by atoms with Gasteiger partial charge in [-0.05, 0) is 23.4 Å². The van der Waals surface area contributed by atoms with E-state index < -0.39 is 11.0 Å². The fraction of sp³-hybridized carbons (Fsp3) is 0.250. The van der Waals surface area contributed by atoms with E-state index in [1.807, 2.05) is 6.92 Å². The number of rotatable bonds is 5. The Morgan fingerprint density at radius 2 is 2.06 bits per heavy atom. The molecule has 1 aromatic rings. The largest absolute Gasteiger partial charge is 0.384 e. The standard InChI is InChI=1S/C12H13NO4S/c1-3-18-12(15)8(2)11(14)9-4-6-10(7-5-9)13(16)17/h4-7,11,14H,2-3H2,1H3. The van der Waals surface area contributed by atoms with Gasteiger partial charge in [0.2, 0.25) is 5.12 Å². The Hall–Kier alpha value is -1.66. The number of hydrogen-bond acceptors (Lipinski definition) is 5. The van der Waals surface area contributed by atoms with E-state index in [9.17, 15) is 20.0 Å². The molecular weight excluding hydrogens is 254 g/mol. The van der Waals surface area contributed by atoms with E-state index in [-0.39, 0.29) is 16.4 Å². The highest BCUT2D eigenvalue weighted by molar-refractivity contribution is 8.14. The van der Waals surface area contributed by atoms with Crippen molar-refractivity contribution in [2.24, 2.45) is 0 Å². The Kier molecular flexibility index (Phi) is 5.06. The van der Waals surface area contributed by atoms with Gasteiger partial charge in [0, 0.05) is 17.7 Å². The van der Waals surface area contributed by atoms with Crippen molar-refractivity contribution in [3.63, 3.8) is 0 Å². The highest BCUT2D eigenvalue weighted by Gasteiger charge is 2.19. The second-order valence-corrected chi connectivity index (χ2v) is 4.73. The monoisotopic (exact) mass is 267 g/mol. The third-order valence-corrected chi connectivity index (χ3v) is 3.10. The summed E-state index contributed by atoms with van der Waals surface area (Å²) in [4.78, 5) is 21.5. The predicted octanol–water partition coefficient (Wildman–Crippen LogP) is 2.46. The Morgan fingerprint density at radius 3 is 2.50 bits per heavy atom. The van der Waals surface area contributed by atoms with Gasteiger partial charge in [-0.25, -0.2) is 0 Å². The summed E-state index contributed by atoms with van der Waals surface area (Å²) in [6, 6.07) is 5.39. The fourth-order valence-electron chi connectivity index (χ4n) is 1.31. The summed E-state index contributed by atoms with van der Waals surface area (Å²) in [7, 11) is 0. The lowest BCUT2D eigenvalue weighted by molar-refractivity contribution is -0.384. The van der Waals surface area contributed by atoms with Crippen molar-refractivity contribution in [1.29, 1.82) is 0 Å². The third-order valence-electron chi connectivity index (χ3n) is 2.29. The summed E-state index contributed by atoms with van der Waals surface area (Å²) >= 11 is 1.06. The summed E-state index contributed by atoms with van der Waals surface area (Å²) in [6.45, 7) is 5.38. The number of hydrogen-bond donors (Lipinski definition) is 1. The van der Waals surface area contributed by atoms with E-state index in [2.05, 4.69) is 6.58 Å². The summed E-state index contributed by atoms with van der Waals surface area (Å²) in [5.74, 6) is 0.602. The number of aliphatic hydroxyl groups excluding tert-OH is 1. The lowest BCUT2D eigenvalue weighted by atomic mass is 10.0. The highest BCUT2D eigenvalue weighted by Crippen LogP contribution is 2.25. The molecule has 0 aliphatic heterocycles. The molecule has 0 radical (unpaired) electrons. The van der Waals surface area contributed by atoms with Crippen molar-refractivity contribution in [2.45, 2.75) is 13.0 Å². The van der Waals surface area contributed by atoms with Gasteiger partial charge >= 0.3 is 0 Å². The zero-order valence-electron chi connectivity index (χ0n) is 9.83. The minimum absolute atomic E-state index is 0.0641. The van der Waals surface area contributed by atoms with Crippen molar-refractivity contribution in [1.82, 2.24) is 0 Å². The van der Waals surface area contributed by atoms with Crippen LogP contribution in [-0.2, 0) is 4.79 Å². The normalized spacial score (nSPS) is 11.9. The van der Waals surface area contributed by atoms with Crippen LogP contribution in [0, 0.1) is 10.1 Å². The predicted molar refractivity (Wildman–Crippen MR) is 70.3 cm³/mol. The quantitative estimate of drug-likeness (QED) is 0.503. The van der Waals surface area contributed by atoms with E-state index >= 15 is 0 Å². The number of benzene rings is 1. The molecule has 1 N–H and O–H groups in total. The minimum atomic E-state index is -1.13. The molecule has 0 amide bonds. The van der Waals surface area contributed by atoms with E-state index in [4.69, 9.17) is 0 Å². The van der Waals surface area contributed by atoms with Crippen LogP contribution in [0.15, 0.2) is 36.4 Å². The number of nitro benzene ring substituents is 1. The molecule has 0 heterocycles. The van der Waals surface area contributed by atoms with Crippen LogP contribution in [0.25, 0.3) is 0 Å². The number of nitro groups is 1. The number of non-ortho nitro benzene ring substituents is 1. The SMILES string of the molecule is C=C(C(=O)SCC)C(O)c1ccc([N+](=O)[O-])cc1. The maximum absolute atomic E-state index is 11.5. The first-order chi connectivity index (χ1) is 8.47. The van der Waals surface area contributed by atoms with Crippen molar-refractivity contribution >= 4 is 22.6 Å². The average molecular weight is 267 g/mol. The Labute approximate surface area is 109 Å². The van der Waals surface area contributed by atoms with Crippen LogP contribution in [0.5, 0.6) is 0 Å². The Bertz CT molecular complexity index is 469. The van der Waals surface area contributed by atoms with Crippen LogP contribution in [-0.4, -0.2) is 20.9 Å². The Morgan fingerprint density at radius 1 is 1.50 bits per heavy atom. The summed E-state index contributed by atoms with van der Waals surface area (Å²) in [5.41, 5.74) is 0.428. The van der Waals surface area contributed by atoms with Gasteiger partial charge in [-0.1, -0.05) is 25.3 Å². The highest BCUT2D eigenvalue weighted by atomic mass is 32.2. The molecule has 1 unspecified atom stereocenters. The smallest absolute Gasteiger partial charge is 0.269 e. The molecule has 0 aliphatic rings. The van der Waals surface area contributed by atoms with E-state index in [0.717, 1.165) is 11.8 Å². The molecule has 5 nitrogen and oxygen atoms in total.